The number of hydrogen-bond acceptors (Lipinski definition) is 3. The molecule has 92 valence electrons. The number of thioether (sulfide) groups is 2. The van der Waals surface area contributed by atoms with Gasteiger partial charge in [-0.2, -0.15) is 0 Å². The van der Waals surface area contributed by atoms with Gasteiger partial charge in [-0.3, -0.25) is 0 Å². The Morgan fingerprint density at radius 2 is 2.12 bits per heavy atom. The molecule has 0 aromatic rings. The molecule has 0 aromatic carbocycles. The van der Waals surface area contributed by atoms with Crippen molar-refractivity contribution in [1.82, 2.24) is 0 Å². The minimum absolute atomic E-state index is 0.235. The summed E-state index contributed by atoms with van der Waals surface area (Å²) in [4.78, 5) is 0. The monoisotopic (exact) mass is 258 g/mol. The molecular weight excluding hydrogens is 236 g/mol. The lowest BCUT2D eigenvalue weighted by Gasteiger charge is -2.47. The highest BCUT2D eigenvalue weighted by Crippen LogP contribution is 2.65. The fourth-order valence-corrected chi connectivity index (χ4v) is 7.21. The van der Waals surface area contributed by atoms with Crippen LogP contribution in [0.15, 0.2) is 12.7 Å². The normalized spacial score (nSPS) is 37.8. The molecule has 0 radical (unpaired) electrons. The van der Waals surface area contributed by atoms with Gasteiger partial charge in [0.05, 0.1) is 4.08 Å². The van der Waals surface area contributed by atoms with Crippen LogP contribution in [0.1, 0.15) is 32.6 Å². The van der Waals surface area contributed by atoms with Crippen molar-refractivity contribution in [2.75, 3.05) is 18.1 Å². The van der Waals surface area contributed by atoms with E-state index < -0.39 is 0 Å². The second-order valence-electron chi connectivity index (χ2n) is 5.08. The van der Waals surface area contributed by atoms with Gasteiger partial charge in [-0.15, -0.1) is 30.1 Å². The minimum atomic E-state index is 0.235. The third-order valence-electron chi connectivity index (χ3n) is 4.35. The molecule has 0 amide bonds. The Morgan fingerprint density at radius 3 is 2.69 bits per heavy atom. The van der Waals surface area contributed by atoms with E-state index in [-0.39, 0.29) is 5.41 Å². The topological polar surface area (TPSA) is 20.2 Å². The molecule has 1 aliphatic heterocycles. The van der Waals surface area contributed by atoms with Crippen LogP contribution >= 0.6 is 23.5 Å². The maximum atomic E-state index is 9.37. The first-order valence-corrected chi connectivity index (χ1v) is 8.17. The summed E-state index contributed by atoms with van der Waals surface area (Å²) >= 11 is 4.29. The highest BCUT2D eigenvalue weighted by Gasteiger charge is 2.57. The number of hydrogen-bond donors (Lipinski definition) is 1. The van der Waals surface area contributed by atoms with Crippen molar-refractivity contribution < 1.29 is 5.11 Å². The summed E-state index contributed by atoms with van der Waals surface area (Å²) in [7, 11) is 0. The van der Waals surface area contributed by atoms with Gasteiger partial charge in [0, 0.05) is 6.61 Å². The maximum absolute atomic E-state index is 9.37. The summed E-state index contributed by atoms with van der Waals surface area (Å²) < 4.78 is 0.354. The predicted octanol–water partition coefficient (Wildman–Crippen LogP) is 3.54. The number of aliphatic hydroxyl groups is 1. The van der Waals surface area contributed by atoms with Gasteiger partial charge in [-0.05, 0) is 48.5 Å². The summed E-state index contributed by atoms with van der Waals surface area (Å²) in [6.07, 6.45) is 6.92. The van der Waals surface area contributed by atoms with Crippen LogP contribution in [0.4, 0.5) is 0 Å². The van der Waals surface area contributed by atoms with Gasteiger partial charge in [-0.25, -0.2) is 0 Å². The third-order valence-corrected chi connectivity index (χ3v) is 8.31. The highest BCUT2D eigenvalue weighted by molar-refractivity contribution is 8.18. The predicted molar refractivity (Wildman–Crippen MR) is 75.0 cm³/mol. The smallest absolute Gasteiger partial charge is 0.0671 e. The zero-order valence-corrected chi connectivity index (χ0v) is 11.7. The van der Waals surface area contributed by atoms with Crippen LogP contribution < -0.4 is 0 Å². The summed E-state index contributed by atoms with van der Waals surface area (Å²) in [6, 6.07) is 0. The quantitative estimate of drug-likeness (QED) is 0.782. The zero-order chi connectivity index (χ0) is 11.6. The van der Waals surface area contributed by atoms with E-state index in [9.17, 15) is 5.11 Å². The molecule has 2 fully saturated rings. The molecule has 0 unspecified atom stereocenters. The zero-order valence-electron chi connectivity index (χ0n) is 10.1. The fourth-order valence-electron chi connectivity index (χ4n) is 3.27. The molecule has 0 aromatic heterocycles. The van der Waals surface area contributed by atoms with Gasteiger partial charge >= 0.3 is 0 Å². The van der Waals surface area contributed by atoms with Crippen LogP contribution in [0.25, 0.3) is 0 Å². The van der Waals surface area contributed by atoms with Crippen molar-refractivity contribution >= 4 is 23.5 Å². The first-order valence-electron chi connectivity index (χ1n) is 6.20. The largest absolute Gasteiger partial charge is 0.396 e. The van der Waals surface area contributed by atoms with Gasteiger partial charge in [0.15, 0.2) is 0 Å². The number of allylic oxidation sites excluding steroid dienone is 1. The molecule has 2 rings (SSSR count). The molecule has 1 saturated carbocycles. The first kappa shape index (κ1) is 12.8. The summed E-state index contributed by atoms with van der Waals surface area (Å²) in [5, 5.41) is 9.37. The van der Waals surface area contributed by atoms with Crippen LogP contribution in [-0.2, 0) is 0 Å². The molecule has 1 saturated heterocycles. The molecule has 1 heterocycles. The Balaban J connectivity index is 2.26. The Labute approximate surface area is 107 Å². The van der Waals surface area contributed by atoms with Crippen molar-refractivity contribution in [1.29, 1.82) is 0 Å². The van der Waals surface area contributed by atoms with E-state index in [1.165, 1.54) is 30.8 Å². The van der Waals surface area contributed by atoms with Gasteiger partial charge in [0.2, 0.25) is 0 Å². The average molecular weight is 258 g/mol. The standard InChI is InChI=1S/C13H22OS2/c1-3-11-5-6-13(12(11,2)7-8-14)15-9-4-10-16-13/h3,11,14H,1,4-10H2,2H3/t11-,12+/m1/s1. The van der Waals surface area contributed by atoms with Crippen LogP contribution in [0.5, 0.6) is 0 Å². The molecule has 1 aliphatic carbocycles. The van der Waals surface area contributed by atoms with Crippen molar-refractivity contribution in [3.63, 3.8) is 0 Å². The maximum Gasteiger partial charge on any atom is 0.0671 e. The van der Waals surface area contributed by atoms with E-state index in [4.69, 9.17) is 0 Å². The number of rotatable bonds is 3. The van der Waals surface area contributed by atoms with Crippen molar-refractivity contribution in [2.24, 2.45) is 11.3 Å². The second kappa shape index (κ2) is 4.95. The van der Waals surface area contributed by atoms with Gasteiger partial charge in [0.25, 0.3) is 0 Å². The lowest BCUT2D eigenvalue weighted by Crippen LogP contribution is -2.42. The van der Waals surface area contributed by atoms with Crippen LogP contribution in [0.2, 0.25) is 0 Å². The molecule has 3 heteroatoms. The Hall–Kier alpha value is 0.400. The minimum Gasteiger partial charge on any atom is -0.396 e. The lowest BCUT2D eigenvalue weighted by atomic mass is 9.76. The Bertz CT molecular complexity index is 261. The Kier molecular flexibility index (Phi) is 3.97. The molecular formula is C13H22OS2. The summed E-state index contributed by atoms with van der Waals surface area (Å²) in [6.45, 7) is 6.68. The van der Waals surface area contributed by atoms with E-state index >= 15 is 0 Å². The third kappa shape index (κ3) is 1.85. The molecule has 0 bridgehead atoms. The van der Waals surface area contributed by atoms with Crippen LogP contribution in [-0.4, -0.2) is 27.3 Å². The van der Waals surface area contributed by atoms with Crippen molar-refractivity contribution in [3.8, 4) is 0 Å². The molecule has 2 atom stereocenters. The van der Waals surface area contributed by atoms with E-state index in [0.29, 0.717) is 16.6 Å². The summed E-state index contributed by atoms with van der Waals surface area (Å²) in [5.41, 5.74) is 0.235. The van der Waals surface area contributed by atoms with E-state index in [1.54, 1.807) is 0 Å². The van der Waals surface area contributed by atoms with E-state index in [2.05, 4.69) is 43.1 Å². The van der Waals surface area contributed by atoms with Gasteiger partial charge in [-0.1, -0.05) is 13.0 Å². The van der Waals surface area contributed by atoms with E-state index in [1.807, 2.05) is 0 Å². The van der Waals surface area contributed by atoms with Crippen molar-refractivity contribution in [2.45, 2.75) is 36.7 Å². The fraction of sp³-hybridized carbons (Fsp3) is 0.846. The van der Waals surface area contributed by atoms with E-state index in [0.717, 1.165) is 6.42 Å². The average Bonchev–Trinajstić information content (AvgIpc) is 2.55. The molecule has 1 spiro atoms. The van der Waals surface area contributed by atoms with Crippen molar-refractivity contribution in [3.05, 3.63) is 12.7 Å². The Morgan fingerprint density at radius 1 is 1.44 bits per heavy atom. The lowest BCUT2D eigenvalue weighted by molar-refractivity contribution is 0.170. The molecule has 1 nitrogen and oxygen atoms in total. The van der Waals surface area contributed by atoms with Crippen LogP contribution in [0, 0.1) is 11.3 Å². The summed E-state index contributed by atoms with van der Waals surface area (Å²) in [5.74, 6) is 3.16. The first-order chi connectivity index (χ1) is 7.68. The molecule has 1 N–H and O–H groups in total. The molecule has 2 aliphatic rings. The van der Waals surface area contributed by atoms with Crippen LogP contribution in [0.3, 0.4) is 0 Å². The number of aliphatic hydroxyl groups excluding tert-OH is 1. The second-order valence-corrected chi connectivity index (χ2v) is 8.12. The van der Waals surface area contributed by atoms with Gasteiger partial charge < -0.3 is 5.11 Å². The highest BCUT2D eigenvalue weighted by atomic mass is 32.2. The molecule has 16 heavy (non-hydrogen) atoms. The van der Waals surface area contributed by atoms with Gasteiger partial charge in [0.1, 0.15) is 0 Å². The SMILES string of the molecule is C=C[C@@H]1CCC2(SCCCS2)[C@@]1(C)CCO.